The highest BCUT2D eigenvalue weighted by Crippen LogP contribution is 2.14. The van der Waals surface area contributed by atoms with Gasteiger partial charge in [0, 0.05) is 5.97 Å². The predicted molar refractivity (Wildman–Crippen MR) is 132 cm³/mol. The predicted octanol–water partition coefficient (Wildman–Crippen LogP) is 7.27. The molecule has 0 aromatic heterocycles. The van der Waals surface area contributed by atoms with Crippen molar-refractivity contribution in [1.82, 2.24) is 0 Å². The number of carbonyl (C=O) groups excluding carboxylic acids is 1. The highest BCUT2D eigenvalue weighted by atomic mass is 16.4. The number of quaternary nitrogens is 1. The Kier molecular flexibility index (Phi) is 26.0. The maximum Gasteiger partial charge on any atom is 0.0784 e. The van der Waals surface area contributed by atoms with Gasteiger partial charge in [-0.1, -0.05) is 91.9 Å². The van der Waals surface area contributed by atoms with E-state index in [2.05, 4.69) is 34.7 Å². The molecular formula is C27H57NO2. The molecule has 0 radical (unpaired) electrons. The summed E-state index contributed by atoms with van der Waals surface area (Å²) in [5.41, 5.74) is 0. The third-order valence-corrected chi connectivity index (χ3v) is 6.14. The van der Waals surface area contributed by atoms with Gasteiger partial charge in [0.2, 0.25) is 0 Å². The SMILES string of the molecule is CCCCCCCC(=O)[O-].CCCCCC[N+](C)(CCCCCC)CCCCCC. The van der Waals surface area contributed by atoms with Crippen molar-refractivity contribution in [2.75, 3.05) is 26.7 Å². The van der Waals surface area contributed by atoms with Crippen LogP contribution in [0, 0.1) is 0 Å². The van der Waals surface area contributed by atoms with Gasteiger partial charge in [0.05, 0.1) is 26.7 Å². The quantitative estimate of drug-likeness (QED) is 0.143. The minimum absolute atomic E-state index is 0.226. The number of rotatable bonds is 21. The fourth-order valence-electron chi connectivity index (χ4n) is 3.97. The molecule has 0 aliphatic heterocycles. The van der Waals surface area contributed by atoms with Crippen molar-refractivity contribution in [2.24, 2.45) is 0 Å². The third kappa shape index (κ3) is 25.5. The van der Waals surface area contributed by atoms with E-state index in [1.165, 1.54) is 114 Å². The molecule has 0 aromatic carbocycles. The Balaban J connectivity index is 0. The molecule has 0 N–H and O–H groups in total. The molecule has 0 atom stereocenters. The molecule has 0 spiro atoms. The minimum Gasteiger partial charge on any atom is -0.550 e. The maximum absolute atomic E-state index is 9.92. The molecule has 0 heterocycles. The summed E-state index contributed by atoms with van der Waals surface area (Å²) in [6.45, 7) is 13.3. The zero-order valence-corrected chi connectivity index (χ0v) is 21.6. The van der Waals surface area contributed by atoms with E-state index >= 15 is 0 Å². The Morgan fingerprint density at radius 1 is 0.533 bits per heavy atom. The van der Waals surface area contributed by atoms with Gasteiger partial charge < -0.3 is 14.4 Å². The average Bonchev–Trinajstić information content (AvgIpc) is 2.72. The number of hydrogen-bond acceptors (Lipinski definition) is 2. The second-order valence-corrected chi connectivity index (χ2v) is 9.51. The Hall–Kier alpha value is -0.570. The molecule has 182 valence electrons. The van der Waals surface area contributed by atoms with Crippen LogP contribution in [0.5, 0.6) is 0 Å². The van der Waals surface area contributed by atoms with Crippen LogP contribution in [0.25, 0.3) is 0 Å². The lowest BCUT2D eigenvalue weighted by molar-refractivity contribution is -0.910. The highest BCUT2D eigenvalue weighted by Gasteiger charge is 2.19. The van der Waals surface area contributed by atoms with Crippen LogP contribution in [0.4, 0.5) is 0 Å². The van der Waals surface area contributed by atoms with Crippen molar-refractivity contribution < 1.29 is 14.4 Å². The molecule has 0 bridgehead atoms. The lowest BCUT2D eigenvalue weighted by atomic mass is 10.1. The van der Waals surface area contributed by atoms with Crippen LogP contribution < -0.4 is 5.11 Å². The first-order valence-corrected chi connectivity index (χ1v) is 13.5. The van der Waals surface area contributed by atoms with Gasteiger partial charge >= 0.3 is 0 Å². The summed E-state index contributed by atoms with van der Waals surface area (Å²) in [5.74, 6) is -0.920. The van der Waals surface area contributed by atoms with Gasteiger partial charge in [0.25, 0.3) is 0 Å². The zero-order chi connectivity index (χ0) is 22.9. The Morgan fingerprint density at radius 3 is 1.13 bits per heavy atom. The maximum atomic E-state index is 9.92. The Labute approximate surface area is 190 Å². The van der Waals surface area contributed by atoms with E-state index in [4.69, 9.17) is 0 Å². The summed E-state index contributed by atoms with van der Waals surface area (Å²) < 4.78 is 1.34. The van der Waals surface area contributed by atoms with Crippen LogP contribution in [0.15, 0.2) is 0 Å². The lowest BCUT2D eigenvalue weighted by Gasteiger charge is -2.35. The standard InChI is InChI=1S/C19H42N.C8H16O2/c1-5-8-11-14-17-20(4,18-15-12-9-6-2)19-16-13-10-7-3;1-2-3-4-5-6-7-8(9)10/h5-19H2,1-4H3;2-7H2,1H3,(H,9,10)/q+1;/p-1. The van der Waals surface area contributed by atoms with E-state index < -0.39 is 5.97 Å². The van der Waals surface area contributed by atoms with Crippen LogP contribution in [0.2, 0.25) is 0 Å². The second-order valence-electron chi connectivity index (χ2n) is 9.51. The van der Waals surface area contributed by atoms with Crippen molar-refractivity contribution >= 4 is 5.97 Å². The molecule has 0 aliphatic carbocycles. The monoisotopic (exact) mass is 427 g/mol. The Morgan fingerprint density at radius 2 is 0.833 bits per heavy atom. The molecule has 30 heavy (non-hydrogen) atoms. The number of carbonyl (C=O) groups is 1. The fourth-order valence-corrected chi connectivity index (χ4v) is 3.97. The van der Waals surface area contributed by atoms with Crippen molar-refractivity contribution in [3.63, 3.8) is 0 Å². The third-order valence-electron chi connectivity index (χ3n) is 6.14. The highest BCUT2D eigenvalue weighted by molar-refractivity contribution is 5.63. The molecule has 0 fully saturated rings. The van der Waals surface area contributed by atoms with E-state index in [0.29, 0.717) is 0 Å². The van der Waals surface area contributed by atoms with Crippen molar-refractivity contribution in [2.45, 2.75) is 143 Å². The van der Waals surface area contributed by atoms with Gasteiger partial charge in [0.1, 0.15) is 0 Å². The minimum atomic E-state index is -0.920. The second kappa shape index (κ2) is 24.7. The molecule has 0 aromatic rings. The summed E-state index contributed by atoms with van der Waals surface area (Å²) in [6.07, 6.45) is 22.6. The first kappa shape index (κ1) is 31.6. The van der Waals surface area contributed by atoms with E-state index in [1.807, 2.05) is 0 Å². The molecule has 0 aliphatic rings. The largest absolute Gasteiger partial charge is 0.550 e. The molecule has 0 saturated heterocycles. The van der Waals surface area contributed by atoms with Crippen molar-refractivity contribution in [3.8, 4) is 0 Å². The summed E-state index contributed by atoms with van der Waals surface area (Å²) in [6, 6.07) is 0. The van der Waals surface area contributed by atoms with Crippen LogP contribution >= 0.6 is 0 Å². The molecule has 3 heteroatoms. The number of unbranched alkanes of at least 4 members (excludes halogenated alkanes) is 13. The van der Waals surface area contributed by atoms with E-state index in [0.717, 1.165) is 19.3 Å². The number of aliphatic carboxylic acids is 1. The molecule has 0 unspecified atom stereocenters. The fraction of sp³-hybridized carbons (Fsp3) is 0.963. The van der Waals surface area contributed by atoms with Crippen LogP contribution in [-0.2, 0) is 4.79 Å². The van der Waals surface area contributed by atoms with Gasteiger partial charge in [0.15, 0.2) is 0 Å². The van der Waals surface area contributed by atoms with Gasteiger partial charge in [-0.3, -0.25) is 0 Å². The molecule has 0 saturated carbocycles. The topological polar surface area (TPSA) is 40.1 Å². The summed E-state index contributed by atoms with van der Waals surface area (Å²) in [4.78, 5) is 9.92. The number of carboxylic acid groups (broad SMARTS) is 1. The first-order valence-electron chi connectivity index (χ1n) is 13.5. The van der Waals surface area contributed by atoms with Crippen LogP contribution in [-0.4, -0.2) is 37.1 Å². The molecule has 0 rings (SSSR count). The average molecular weight is 428 g/mol. The lowest BCUT2D eigenvalue weighted by Crippen LogP contribution is -2.46. The van der Waals surface area contributed by atoms with Gasteiger partial charge in [-0.15, -0.1) is 0 Å². The van der Waals surface area contributed by atoms with Crippen molar-refractivity contribution in [3.05, 3.63) is 0 Å². The molecule has 0 amide bonds. The first-order chi connectivity index (χ1) is 14.5. The molecule has 3 nitrogen and oxygen atoms in total. The number of hydrogen-bond donors (Lipinski definition) is 0. The zero-order valence-electron chi connectivity index (χ0n) is 21.6. The smallest absolute Gasteiger partial charge is 0.0784 e. The van der Waals surface area contributed by atoms with Crippen LogP contribution in [0.1, 0.15) is 143 Å². The van der Waals surface area contributed by atoms with E-state index in [-0.39, 0.29) is 6.42 Å². The van der Waals surface area contributed by atoms with Gasteiger partial charge in [-0.05, 0) is 51.4 Å². The van der Waals surface area contributed by atoms with Gasteiger partial charge in [-0.2, -0.15) is 0 Å². The van der Waals surface area contributed by atoms with E-state index in [9.17, 15) is 9.90 Å². The van der Waals surface area contributed by atoms with E-state index in [1.54, 1.807) is 0 Å². The Bertz CT molecular complexity index is 312. The summed E-state index contributed by atoms with van der Waals surface area (Å²) >= 11 is 0. The summed E-state index contributed by atoms with van der Waals surface area (Å²) in [5, 5.41) is 9.92. The van der Waals surface area contributed by atoms with Crippen molar-refractivity contribution in [1.29, 1.82) is 0 Å². The van der Waals surface area contributed by atoms with Crippen LogP contribution in [0.3, 0.4) is 0 Å². The number of nitrogens with zero attached hydrogens (tertiary/aromatic N) is 1. The summed E-state index contributed by atoms with van der Waals surface area (Å²) in [7, 11) is 2.52. The number of carboxylic acids is 1. The normalized spacial score (nSPS) is 11.2. The van der Waals surface area contributed by atoms with Gasteiger partial charge in [-0.25, -0.2) is 0 Å². The molecular weight excluding hydrogens is 370 g/mol.